The average Bonchev–Trinajstić information content (AvgIpc) is 2.44. The Morgan fingerprint density at radius 2 is 2.00 bits per heavy atom. The fraction of sp³-hybridized carbons (Fsp3) is 0.333. The lowest BCUT2D eigenvalue weighted by Crippen LogP contribution is -2.05. The summed E-state index contributed by atoms with van der Waals surface area (Å²) in [6, 6.07) is 1.61. The van der Waals surface area contributed by atoms with Crippen molar-refractivity contribution in [3.63, 3.8) is 0 Å². The lowest BCUT2D eigenvalue weighted by Gasteiger charge is -2.05. The van der Waals surface area contributed by atoms with Crippen LogP contribution in [-0.4, -0.2) is 6.10 Å². The van der Waals surface area contributed by atoms with Crippen LogP contribution in [0.5, 0.6) is 5.75 Å². The van der Waals surface area contributed by atoms with Crippen LogP contribution in [0.15, 0.2) is 6.07 Å². The first kappa shape index (κ1) is 9.45. The molecule has 1 unspecified atom stereocenters. The molecular formula is C9H7Cl3O. The average molecular weight is 238 g/mol. The van der Waals surface area contributed by atoms with E-state index in [2.05, 4.69) is 0 Å². The molecule has 1 nitrogen and oxygen atoms in total. The van der Waals surface area contributed by atoms with Gasteiger partial charge in [0.05, 0.1) is 15.1 Å². The smallest absolute Gasteiger partial charge is 0.143 e. The zero-order valence-corrected chi connectivity index (χ0v) is 9.17. The van der Waals surface area contributed by atoms with Gasteiger partial charge in [-0.1, -0.05) is 34.8 Å². The Hall–Kier alpha value is -0.110. The Morgan fingerprint density at radius 3 is 2.69 bits per heavy atom. The summed E-state index contributed by atoms with van der Waals surface area (Å²) in [5, 5.41) is 1.59. The summed E-state index contributed by atoms with van der Waals surface area (Å²) >= 11 is 17.8. The van der Waals surface area contributed by atoms with E-state index in [4.69, 9.17) is 39.5 Å². The molecule has 0 fully saturated rings. The third-order valence-corrected chi connectivity index (χ3v) is 3.14. The SMILES string of the molecule is CC1Cc2c(Cl)c(Cl)cc(Cl)c2O1. The molecule has 70 valence electrons. The maximum atomic E-state index is 6.01. The van der Waals surface area contributed by atoms with Gasteiger partial charge in [-0.05, 0) is 13.0 Å². The van der Waals surface area contributed by atoms with Crippen LogP contribution < -0.4 is 4.74 Å². The van der Waals surface area contributed by atoms with Crippen LogP contribution in [0.4, 0.5) is 0 Å². The van der Waals surface area contributed by atoms with Crippen molar-refractivity contribution < 1.29 is 4.74 Å². The molecule has 0 saturated carbocycles. The second-order valence-electron chi connectivity index (χ2n) is 3.09. The van der Waals surface area contributed by atoms with E-state index in [-0.39, 0.29) is 6.10 Å². The second kappa shape index (κ2) is 3.23. The van der Waals surface area contributed by atoms with E-state index in [9.17, 15) is 0 Å². The molecule has 0 bridgehead atoms. The van der Waals surface area contributed by atoms with Gasteiger partial charge in [0.2, 0.25) is 0 Å². The number of hydrogen-bond donors (Lipinski definition) is 0. The lowest BCUT2D eigenvalue weighted by atomic mass is 10.1. The minimum absolute atomic E-state index is 0.128. The van der Waals surface area contributed by atoms with Crippen molar-refractivity contribution in [3.05, 3.63) is 26.7 Å². The quantitative estimate of drug-likeness (QED) is 0.621. The molecule has 1 heterocycles. The zero-order chi connectivity index (χ0) is 9.59. The first-order valence-corrected chi connectivity index (χ1v) is 5.06. The van der Waals surface area contributed by atoms with Gasteiger partial charge >= 0.3 is 0 Å². The van der Waals surface area contributed by atoms with Crippen molar-refractivity contribution in [1.82, 2.24) is 0 Å². The van der Waals surface area contributed by atoms with Gasteiger partial charge in [0.15, 0.2) is 0 Å². The van der Waals surface area contributed by atoms with Gasteiger partial charge in [-0.2, -0.15) is 0 Å². The van der Waals surface area contributed by atoms with E-state index in [1.807, 2.05) is 6.92 Å². The van der Waals surface area contributed by atoms with Crippen molar-refractivity contribution in [2.75, 3.05) is 0 Å². The second-order valence-corrected chi connectivity index (χ2v) is 4.29. The molecular weight excluding hydrogens is 230 g/mol. The Bertz CT molecular complexity index is 362. The monoisotopic (exact) mass is 236 g/mol. The van der Waals surface area contributed by atoms with Crippen molar-refractivity contribution in [2.24, 2.45) is 0 Å². The predicted molar refractivity (Wildman–Crippen MR) is 55.3 cm³/mol. The van der Waals surface area contributed by atoms with Crippen LogP contribution in [0.1, 0.15) is 12.5 Å². The fourth-order valence-electron chi connectivity index (χ4n) is 1.47. The highest BCUT2D eigenvalue weighted by atomic mass is 35.5. The summed E-state index contributed by atoms with van der Waals surface area (Å²) in [6.07, 6.45) is 0.900. The number of rotatable bonds is 0. The number of fused-ring (bicyclic) bond motifs is 1. The van der Waals surface area contributed by atoms with Crippen LogP contribution >= 0.6 is 34.8 Å². The van der Waals surface area contributed by atoms with Gasteiger partial charge in [0.1, 0.15) is 11.9 Å². The van der Waals surface area contributed by atoms with Gasteiger partial charge in [-0.15, -0.1) is 0 Å². The van der Waals surface area contributed by atoms with Gasteiger partial charge in [-0.25, -0.2) is 0 Å². The molecule has 1 aromatic carbocycles. The van der Waals surface area contributed by atoms with Crippen molar-refractivity contribution in [3.8, 4) is 5.75 Å². The molecule has 0 aromatic heterocycles. The van der Waals surface area contributed by atoms with Crippen molar-refractivity contribution in [2.45, 2.75) is 19.4 Å². The minimum Gasteiger partial charge on any atom is -0.488 e. The number of hydrogen-bond acceptors (Lipinski definition) is 1. The van der Waals surface area contributed by atoms with E-state index in [1.165, 1.54) is 0 Å². The summed E-state index contributed by atoms with van der Waals surface area (Å²) in [4.78, 5) is 0. The third-order valence-electron chi connectivity index (χ3n) is 2.03. The van der Waals surface area contributed by atoms with E-state index in [0.717, 1.165) is 12.0 Å². The zero-order valence-electron chi connectivity index (χ0n) is 6.90. The normalized spacial score (nSPS) is 19.8. The summed E-state index contributed by atoms with van der Waals surface area (Å²) in [7, 11) is 0. The summed E-state index contributed by atoms with van der Waals surface area (Å²) in [6.45, 7) is 1.97. The van der Waals surface area contributed by atoms with Gasteiger partial charge < -0.3 is 4.74 Å². The van der Waals surface area contributed by atoms with Gasteiger partial charge in [0, 0.05) is 12.0 Å². The van der Waals surface area contributed by atoms with E-state index < -0.39 is 0 Å². The third kappa shape index (κ3) is 1.50. The first-order chi connectivity index (χ1) is 6.09. The van der Waals surface area contributed by atoms with Crippen molar-refractivity contribution >= 4 is 34.8 Å². The predicted octanol–water partition coefficient (Wildman–Crippen LogP) is 3.97. The molecule has 0 spiro atoms. The van der Waals surface area contributed by atoms with Crippen LogP contribution in [0.3, 0.4) is 0 Å². The molecule has 0 aliphatic carbocycles. The molecule has 2 rings (SSSR count). The van der Waals surface area contributed by atoms with E-state index in [1.54, 1.807) is 6.07 Å². The Kier molecular flexibility index (Phi) is 2.35. The Morgan fingerprint density at radius 1 is 1.31 bits per heavy atom. The topological polar surface area (TPSA) is 9.23 Å². The Balaban J connectivity index is 2.62. The lowest BCUT2D eigenvalue weighted by molar-refractivity contribution is 0.255. The molecule has 0 saturated heterocycles. The maximum Gasteiger partial charge on any atom is 0.143 e. The maximum absolute atomic E-state index is 6.01. The first-order valence-electron chi connectivity index (χ1n) is 3.92. The van der Waals surface area contributed by atoms with E-state index >= 15 is 0 Å². The summed E-state index contributed by atoms with van der Waals surface area (Å²) < 4.78 is 5.50. The largest absolute Gasteiger partial charge is 0.488 e. The molecule has 13 heavy (non-hydrogen) atoms. The van der Waals surface area contributed by atoms with Gasteiger partial charge in [-0.3, -0.25) is 0 Å². The highest BCUT2D eigenvalue weighted by molar-refractivity contribution is 6.44. The molecule has 4 heteroatoms. The minimum atomic E-state index is 0.128. The highest BCUT2D eigenvalue weighted by Crippen LogP contribution is 2.43. The van der Waals surface area contributed by atoms with Crippen LogP contribution in [0.2, 0.25) is 15.1 Å². The molecule has 0 N–H and O–H groups in total. The molecule has 0 radical (unpaired) electrons. The number of benzene rings is 1. The van der Waals surface area contributed by atoms with Crippen LogP contribution in [-0.2, 0) is 6.42 Å². The van der Waals surface area contributed by atoms with Gasteiger partial charge in [0.25, 0.3) is 0 Å². The summed E-state index contributed by atoms with van der Waals surface area (Å²) in [5.41, 5.74) is 0.923. The highest BCUT2D eigenvalue weighted by Gasteiger charge is 2.25. The number of halogens is 3. The number of ether oxygens (including phenoxy) is 1. The van der Waals surface area contributed by atoms with Crippen LogP contribution in [0, 0.1) is 0 Å². The Labute approximate surface area is 91.5 Å². The molecule has 1 aliphatic heterocycles. The molecule has 1 atom stereocenters. The molecule has 1 aliphatic rings. The summed E-state index contributed by atoms with van der Waals surface area (Å²) in [5.74, 6) is 0.684. The fourth-order valence-corrected chi connectivity index (χ4v) is 2.23. The van der Waals surface area contributed by atoms with E-state index in [0.29, 0.717) is 20.8 Å². The van der Waals surface area contributed by atoms with Crippen LogP contribution in [0.25, 0.3) is 0 Å². The molecule has 1 aromatic rings. The van der Waals surface area contributed by atoms with Crippen molar-refractivity contribution in [1.29, 1.82) is 0 Å². The standard InChI is InChI=1S/C9H7Cl3O/c1-4-2-5-8(12)6(10)3-7(11)9(5)13-4/h3-4H,2H2,1H3. The molecule has 0 amide bonds.